The first-order chi connectivity index (χ1) is 9.43. The van der Waals surface area contributed by atoms with Gasteiger partial charge in [0, 0.05) is 24.1 Å². The van der Waals surface area contributed by atoms with E-state index in [1.807, 2.05) is 6.92 Å². The first-order valence-electron chi connectivity index (χ1n) is 6.91. The van der Waals surface area contributed by atoms with E-state index in [-0.39, 0.29) is 36.4 Å². The molecule has 0 aliphatic carbocycles. The summed E-state index contributed by atoms with van der Waals surface area (Å²) in [5, 5.41) is 2.72. The molecule has 112 valence electrons. The van der Waals surface area contributed by atoms with Crippen molar-refractivity contribution in [1.82, 2.24) is 5.32 Å². The Morgan fingerprint density at radius 3 is 2.50 bits per heavy atom. The SMILES string of the molecule is CCCC(N)CC(=O)NC(C)Cc1c(F)cccc1F. The lowest BCUT2D eigenvalue weighted by atomic mass is 10.0. The van der Waals surface area contributed by atoms with Gasteiger partial charge in [-0.15, -0.1) is 0 Å². The van der Waals surface area contributed by atoms with Gasteiger partial charge in [0.2, 0.25) is 5.91 Å². The van der Waals surface area contributed by atoms with Crippen LogP contribution in [-0.4, -0.2) is 18.0 Å². The number of hydrogen-bond acceptors (Lipinski definition) is 2. The second kappa shape index (κ2) is 7.94. The lowest BCUT2D eigenvalue weighted by molar-refractivity contribution is -0.122. The normalized spacial score (nSPS) is 13.8. The molecule has 0 radical (unpaired) electrons. The van der Waals surface area contributed by atoms with Crippen LogP contribution in [0.3, 0.4) is 0 Å². The number of halogens is 2. The van der Waals surface area contributed by atoms with Crippen LogP contribution >= 0.6 is 0 Å². The number of carbonyl (C=O) groups excluding carboxylic acids is 1. The summed E-state index contributed by atoms with van der Waals surface area (Å²) >= 11 is 0. The molecule has 0 aromatic heterocycles. The first-order valence-corrected chi connectivity index (χ1v) is 6.91. The Morgan fingerprint density at radius 1 is 1.35 bits per heavy atom. The molecule has 0 heterocycles. The highest BCUT2D eigenvalue weighted by molar-refractivity contribution is 5.76. The fourth-order valence-electron chi connectivity index (χ4n) is 2.13. The van der Waals surface area contributed by atoms with Crippen molar-refractivity contribution in [3.8, 4) is 0 Å². The molecule has 2 unspecified atom stereocenters. The molecule has 2 atom stereocenters. The second-order valence-electron chi connectivity index (χ2n) is 5.13. The largest absolute Gasteiger partial charge is 0.353 e. The third-order valence-electron chi connectivity index (χ3n) is 3.09. The molecule has 0 bridgehead atoms. The number of nitrogens with one attached hydrogen (secondary N) is 1. The number of benzene rings is 1. The van der Waals surface area contributed by atoms with Gasteiger partial charge in [0.15, 0.2) is 0 Å². The predicted octanol–water partition coefficient (Wildman–Crippen LogP) is 2.53. The van der Waals surface area contributed by atoms with Gasteiger partial charge in [-0.25, -0.2) is 8.78 Å². The summed E-state index contributed by atoms with van der Waals surface area (Å²) in [4.78, 5) is 11.7. The highest BCUT2D eigenvalue weighted by Crippen LogP contribution is 2.14. The molecule has 20 heavy (non-hydrogen) atoms. The molecule has 1 amide bonds. The Morgan fingerprint density at radius 2 is 1.95 bits per heavy atom. The van der Waals surface area contributed by atoms with Crippen LogP contribution in [0.2, 0.25) is 0 Å². The van der Waals surface area contributed by atoms with Crippen LogP contribution in [0.1, 0.15) is 38.7 Å². The van der Waals surface area contributed by atoms with Crippen molar-refractivity contribution < 1.29 is 13.6 Å². The molecule has 0 aliphatic rings. The van der Waals surface area contributed by atoms with E-state index in [1.165, 1.54) is 18.2 Å². The van der Waals surface area contributed by atoms with Gasteiger partial charge in [-0.1, -0.05) is 19.4 Å². The van der Waals surface area contributed by atoms with Gasteiger partial charge >= 0.3 is 0 Å². The maximum Gasteiger partial charge on any atom is 0.221 e. The van der Waals surface area contributed by atoms with E-state index in [9.17, 15) is 13.6 Å². The fourth-order valence-corrected chi connectivity index (χ4v) is 2.13. The lowest BCUT2D eigenvalue weighted by Gasteiger charge is -2.16. The molecule has 3 N–H and O–H groups in total. The summed E-state index contributed by atoms with van der Waals surface area (Å²) in [7, 11) is 0. The molecular weight excluding hydrogens is 262 g/mol. The molecule has 0 saturated heterocycles. The minimum atomic E-state index is -0.589. The summed E-state index contributed by atoms with van der Waals surface area (Å²) in [6.45, 7) is 3.72. The predicted molar refractivity (Wildman–Crippen MR) is 75.2 cm³/mol. The highest BCUT2D eigenvalue weighted by atomic mass is 19.1. The molecule has 0 fully saturated rings. The van der Waals surface area contributed by atoms with Crippen LogP contribution in [0.25, 0.3) is 0 Å². The number of nitrogens with two attached hydrogens (primary N) is 1. The van der Waals surface area contributed by atoms with Gasteiger partial charge in [-0.2, -0.15) is 0 Å². The van der Waals surface area contributed by atoms with Crippen molar-refractivity contribution in [1.29, 1.82) is 0 Å². The third-order valence-corrected chi connectivity index (χ3v) is 3.09. The Bertz CT molecular complexity index is 431. The Hall–Kier alpha value is -1.49. The molecule has 0 aliphatic heterocycles. The summed E-state index contributed by atoms with van der Waals surface area (Å²) in [5.74, 6) is -1.36. The van der Waals surface area contributed by atoms with Crippen molar-refractivity contribution in [3.05, 3.63) is 35.4 Å². The van der Waals surface area contributed by atoms with Gasteiger partial charge in [0.25, 0.3) is 0 Å². The minimum absolute atomic E-state index is 0.00171. The van der Waals surface area contributed by atoms with E-state index in [0.717, 1.165) is 12.8 Å². The van der Waals surface area contributed by atoms with Gasteiger partial charge in [0.1, 0.15) is 11.6 Å². The van der Waals surface area contributed by atoms with E-state index in [2.05, 4.69) is 5.32 Å². The number of hydrogen-bond donors (Lipinski definition) is 2. The van der Waals surface area contributed by atoms with Gasteiger partial charge in [-0.05, 0) is 31.9 Å². The van der Waals surface area contributed by atoms with Crippen LogP contribution in [0.4, 0.5) is 8.78 Å². The van der Waals surface area contributed by atoms with Crippen LogP contribution in [0, 0.1) is 11.6 Å². The van der Waals surface area contributed by atoms with Gasteiger partial charge < -0.3 is 11.1 Å². The summed E-state index contributed by atoms with van der Waals surface area (Å²) < 4.78 is 27.0. The lowest BCUT2D eigenvalue weighted by Crippen LogP contribution is -2.38. The standard InChI is InChI=1S/C15H22F2N2O/c1-3-5-11(18)9-15(20)19-10(2)8-12-13(16)6-4-7-14(12)17/h4,6-7,10-11H,3,5,8-9,18H2,1-2H3,(H,19,20). The number of carbonyl (C=O) groups is 1. The molecular formula is C15H22F2N2O. The quantitative estimate of drug-likeness (QED) is 0.808. The second-order valence-corrected chi connectivity index (χ2v) is 5.13. The molecule has 1 aromatic rings. The summed E-state index contributed by atoms with van der Waals surface area (Å²) in [5.41, 5.74) is 5.78. The van der Waals surface area contributed by atoms with E-state index in [0.29, 0.717) is 0 Å². The van der Waals surface area contributed by atoms with Gasteiger partial charge in [0.05, 0.1) is 0 Å². The van der Waals surface area contributed by atoms with Crippen LogP contribution < -0.4 is 11.1 Å². The van der Waals surface area contributed by atoms with Crippen molar-refractivity contribution in [3.63, 3.8) is 0 Å². The van der Waals surface area contributed by atoms with Crippen molar-refractivity contribution in [2.45, 2.75) is 51.6 Å². The fraction of sp³-hybridized carbons (Fsp3) is 0.533. The zero-order valence-electron chi connectivity index (χ0n) is 12.0. The van der Waals surface area contributed by atoms with E-state index in [4.69, 9.17) is 5.73 Å². The zero-order valence-corrected chi connectivity index (χ0v) is 12.0. The highest BCUT2D eigenvalue weighted by Gasteiger charge is 2.15. The summed E-state index contributed by atoms with van der Waals surface area (Å²) in [6, 6.07) is 3.23. The average molecular weight is 284 g/mol. The van der Waals surface area contributed by atoms with Crippen molar-refractivity contribution in [2.24, 2.45) is 5.73 Å². The monoisotopic (exact) mass is 284 g/mol. The molecule has 0 spiro atoms. The number of rotatable bonds is 7. The molecule has 1 aromatic carbocycles. The van der Waals surface area contributed by atoms with Crippen molar-refractivity contribution >= 4 is 5.91 Å². The zero-order chi connectivity index (χ0) is 15.1. The van der Waals surface area contributed by atoms with E-state index >= 15 is 0 Å². The van der Waals surface area contributed by atoms with E-state index < -0.39 is 11.6 Å². The third kappa shape index (κ3) is 5.25. The van der Waals surface area contributed by atoms with Gasteiger partial charge in [-0.3, -0.25) is 4.79 Å². The minimum Gasteiger partial charge on any atom is -0.353 e. The molecule has 3 nitrogen and oxygen atoms in total. The van der Waals surface area contributed by atoms with Crippen LogP contribution in [-0.2, 0) is 11.2 Å². The maximum absolute atomic E-state index is 13.5. The Kier molecular flexibility index (Phi) is 6.58. The topological polar surface area (TPSA) is 55.1 Å². The van der Waals surface area contributed by atoms with Crippen molar-refractivity contribution in [2.75, 3.05) is 0 Å². The molecule has 1 rings (SSSR count). The van der Waals surface area contributed by atoms with E-state index in [1.54, 1.807) is 6.92 Å². The Labute approximate surface area is 118 Å². The maximum atomic E-state index is 13.5. The molecule has 0 saturated carbocycles. The Balaban J connectivity index is 2.51. The summed E-state index contributed by atoms with van der Waals surface area (Å²) in [6.07, 6.45) is 2.05. The number of amides is 1. The molecule has 5 heteroatoms. The first kappa shape index (κ1) is 16.6. The van der Waals surface area contributed by atoms with Crippen LogP contribution in [0.15, 0.2) is 18.2 Å². The smallest absolute Gasteiger partial charge is 0.221 e. The average Bonchev–Trinajstić information content (AvgIpc) is 2.34. The van der Waals surface area contributed by atoms with Crippen LogP contribution in [0.5, 0.6) is 0 Å².